The molecule has 2 N–H and O–H groups in total. The molecule has 1 aliphatic heterocycles. The van der Waals surface area contributed by atoms with E-state index in [1.807, 2.05) is 0 Å². The maximum Gasteiger partial charge on any atom is 0.251 e. The van der Waals surface area contributed by atoms with Crippen molar-refractivity contribution in [2.24, 2.45) is 5.92 Å². The Morgan fingerprint density at radius 2 is 2.00 bits per heavy atom. The number of nitrogens with one attached hydrogen (secondary N) is 2. The molecule has 1 fully saturated rings. The molecular weight excluding hydrogens is 300 g/mol. The van der Waals surface area contributed by atoms with Crippen LogP contribution in [0, 0.1) is 5.92 Å². The number of sulfone groups is 1. The van der Waals surface area contributed by atoms with E-state index in [1.54, 1.807) is 26.0 Å². The van der Waals surface area contributed by atoms with Gasteiger partial charge < -0.3 is 10.6 Å². The fourth-order valence-electron chi connectivity index (χ4n) is 2.52. The molecule has 1 heterocycles. The molecule has 1 aliphatic rings. The Balaban J connectivity index is 1.90. The Labute approximate surface area is 132 Å². The number of hydrogen-bond acceptors (Lipinski definition) is 4. The summed E-state index contributed by atoms with van der Waals surface area (Å²) in [6.45, 7) is 6.03. The van der Waals surface area contributed by atoms with E-state index in [-0.39, 0.29) is 10.8 Å². The molecule has 1 amide bonds. The predicted molar refractivity (Wildman–Crippen MR) is 86.7 cm³/mol. The van der Waals surface area contributed by atoms with Gasteiger partial charge in [0.2, 0.25) is 0 Å². The largest absolute Gasteiger partial charge is 0.352 e. The maximum absolute atomic E-state index is 12.0. The van der Waals surface area contributed by atoms with E-state index < -0.39 is 15.1 Å². The Hall–Kier alpha value is -1.40. The zero-order valence-electron chi connectivity index (χ0n) is 13.1. The van der Waals surface area contributed by atoms with Gasteiger partial charge in [-0.1, -0.05) is 0 Å². The van der Waals surface area contributed by atoms with E-state index in [0.717, 1.165) is 25.9 Å². The number of carbonyl (C=O) groups is 1. The highest BCUT2D eigenvalue weighted by atomic mass is 32.2. The molecule has 1 atom stereocenters. The van der Waals surface area contributed by atoms with E-state index in [1.165, 1.54) is 12.1 Å². The zero-order valence-corrected chi connectivity index (χ0v) is 13.9. The maximum atomic E-state index is 12.0. The summed E-state index contributed by atoms with van der Waals surface area (Å²) in [6.07, 6.45) is 2.14. The van der Waals surface area contributed by atoms with Crippen LogP contribution >= 0.6 is 0 Å². The highest BCUT2D eigenvalue weighted by molar-refractivity contribution is 7.92. The topological polar surface area (TPSA) is 75.3 Å². The lowest BCUT2D eigenvalue weighted by atomic mass is 10.1. The molecule has 5 nitrogen and oxygen atoms in total. The molecule has 0 aromatic heterocycles. The van der Waals surface area contributed by atoms with Crippen LogP contribution in [0.4, 0.5) is 0 Å². The molecule has 1 saturated heterocycles. The number of benzene rings is 1. The first kappa shape index (κ1) is 17.0. The predicted octanol–water partition coefficient (Wildman–Crippen LogP) is 1.60. The van der Waals surface area contributed by atoms with Crippen molar-refractivity contribution in [3.05, 3.63) is 29.8 Å². The van der Waals surface area contributed by atoms with Crippen LogP contribution in [-0.4, -0.2) is 39.2 Å². The van der Waals surface area contributed by atoms with Crippen molar-refractivity contribution in [3.8, 4) is 0 Å². The smallest absolute Gasteiger partial charge is 0.251 e. The number of amides is 1. The second-order valence-corrected chi connectivity index (χ2v) is 8.53. The molecular formula is C16H24N2O3S. The van der Waals surface area contributed by atoms with E-state index in [9.17, 15) is 13.2 Å². The normalized spacial score (nSPS) is 18.6. The van der Waals surface area contributed by atoms with Gasteiger partial charge in [-0.15, -0.1) is 0 Å². The molecule has 0 spiro atoms. The quantitative estimate of drug-likeness (QED) is 0.833. The molecule has 1 aromatic rings. The van der Waals surface area contributed by atoms with Crippen LogP contribution < -0.4 is 10.6 Å². The van der Waals surface area contributed by atoms with Gasteiger partial charge in [-0.25, -0.2) is 8.42 Å². The monoisotopic (exact) mass is 324 g/mol. The third-order valence-electron chi connectivity index (χ3n) is 4.07. The second-order valence-electron chi connectivity index (χ2n) is 6.02. The summed E-state index contributed by atoms with van der Waals surface area (Å²) < 4.78 is 24.1. The summed E-state index contributed by atoms with van der Waals surface area (Å²) in [6, 6.07) is 6.15. The first-order valence-corrected chi connectivity index (χ1v) is 9.29. The lowest BCUT2D eigenvalue weighted by Gasteiger charge is -2.10. The van der Waals surface area contributed by atoms with Gasteiger partial charge in [0, 0.05) is 12.1 Å². The molecule has 6 heteroatoms. The molecule has 2 rings (SSSR count). The first-order valence-electron chi connectivity index (χ1n) is 7.74. The summed E-state index contributed by atoms with van der Waals surface area (Å²) >= 11 is 0. The van der Waals surface area contributed by atoms with Crippen LogP contribution in [0.2, 0.25) is 0 Å². The summed E-state index contributed by atoms with van der Waals surface area (Å²) in [7, 11) is -3.29. The molecule has 0 bridgehead atoms. The van der Waals surface area contributed by atoms with E-state index in [4.69, 9.17) is 0 Å². The fourth-order valence-corrected chi connectivity index (χ4v) is 3.58. The van der Waals surface area contributed by atoms with Crippen LogP contribution in [-0.2, 0) is 9.84 Å². The van der Waals surface area contributed by atoms with Crippen molar-refractivity contribution >= 4 is 15.7 Å². The minimum atomic E-state index is -3.29. The Kier molecular flexibility index (Phi) is 5.58. The van der Waals surface area contributed by atoms with Crippen LogP contribution in [0.5, 0.6) is 0 Å². The van der Waals surface area contributed by atoms with E-state index in [0.29, 0.717) is 18.0 Å². The van der Waals surface area contributed by atoms with Gasteiger partial charge in [0.15, 0.2) is 9.84 Å². The Morgan fingerprint density at radius 3 is 2.55 bits per heavy atom. The lowest BCUT2D eigenvalue weighted by molar-refractivity contribution is 0.0951. The van der Waals surface area contributed by atoms with Gasteiger partial charge >= 0.3 is 0 Å². The average molecular weight is 324 g/mol. The molecule has 0 aliphatic carbocycles. The highest BCUT2D eigenvalue weighted by Gasteiger charge is 2.19. The SMILES string of the molecule is CC(C)S(=O)(=O)c1ccc(C(=O)NCCC2CCNC2)cc1. The summed E-state index contributed by atoms with van der Waals surface area (Å²) in [4.78, 5) is 12.3. The molecule has 1 aromatic carbocycles. The third kappa shape index (κ3) is 4.08. The minimum absolute atomic E-state index is 0.153. The first-order chi connectivity index (χ1) is 10.4. The lowest BCUT2D eigenvalue weighted by Crippen LogP contribution is -2.26. The van der Waals surface area contributed by atoms with Gasteiger partial charge in [0.1, 0.15) is 0 Å². The van der Waals surface area contributed by atoms with Crippen molar-refractivity contribution in [1.82, 2.24) is 10.6 Å². The van der Waals surface area contributed by atoms with Crippen LogP contribution in [0.25, 0.3) is 0 Å². The van der Waals surface area contributed by atoms with Crippen molar-refractivity contribution in [2.75, 3.05) is 19.6 Å². The van der Waals surface area contributed by atoms with Crippen LogP contribution in [0.3, 0.4) is 0 Å². The van der Waals surface area contributed by atoms with Gasteiger partial charge in [-0.2, -0.15) is 0 Å². The van der Waals surface area contributed by atoms with Crippen molar-refractivity contribution < 1.29 is 13.2 Å². The van der Waals surface area contributed by atoms with Crippen molar-refractivity contribution in [2.45, 2.75) is 36.8 Å². The van der Waals surface area contributed by atoms with Crippen molar-refractivity contribution in [1.29, 1.82) is 0 Å². The fraction of sp³-hybridized carbons (Fsp3) is 0.562. The standard InChI is InChI=1S/C16H24N2O3S/c1-12(2)22(20,21)15-5-3-14(4-6-15)16(19)18-10-8-13-7-9-17-11-13/h3-6,12-13,17H,7-11H2,1-2H3,(H,18,19). The molecule has 122 valence electrons. The summed E-state index contributed by atoms with van der Waals surface area (Å²) in [5.41, 5.74) is 0.493. The zero-order chi connectivity index (χ0) is 16.2. The molecule has 22 heavy (non-hydrogen) atoms. The van der Waals surface area contributed by atoms with E-state index >= 15 is 0 Å². The second kappa shape index (κ2) is 7.24. The highest BCUT2D eigenvalue weighted by Crippen LogP contribution is 2.16. The molecule has 1 unspecified atom stereocenters. The summed E-state index contributed by atoms with van der Waals surface area (Å²) in [5.74, 6) is 0.485. The summed E-state index contributed by atoms with van der Waals surface area (Å²) in [5, 5.41) is 5.73. The number of carbonyl (C=O) groups excluding carboxylic acids is 1. The van der Waals surface area contributed by atoms with Gasteiger partial charge in [-0.05, 0) is 70.0 Å². The Bertz CT molecular complexity index is 603. The van der Waals surface area contributed by atoms with Gasteiger partial charge in [-0.3, -0.25) is 4.79 Å². The number of hydrogen-bond donors (Lipinski definition) is 2. The van der Waals surface area contributed by atoms with Crippen LogP contribution in [0.15, 0.2) is 29.2 Å². The Morgan fingerprint density at radius 1 is 1.32 bits per heavy atom. The van der Waals surface area contributed by atoms with Gasteiger partial charge in [0.25, 0.3) is 5.91 Å². The third-order valence-corrected chi connectivity index (χ3v) is 6.24. The van der Waals surface area contributed by atoms with Gasteiger partial charge in [0.05, 0.1) is 10.1 Å². The molecule has 0 radical (unpaired) electrons. The van der Waals surface area contributed by atoms with Crippen molar-refractivity contribution in [3.63, 3.8) is 0 Å². The van der Waals surface area contributed by atoms with E-state index in [2.05, 4.69) is 10.6 Å². The average Bonchev–Trinajstić information content (AvgIpc) is 3.00. The molecule has 0 saturated carbocycles. The number of rotatable bonds is 6. The van der Waals surface area contributed by atoms with Crippen LogP contribution in [0.1, 0.15) is 37.0 Å². The minimum Gasteiger partial charge on any atom is -0.352 e.